The van der Waals surface area contributed by atoms with Gasteiger partial charge in [0.1, 0.15) is 15.9 Å². The van der Waals surface area contributed by atoms with Crippen LogP contribution < -0.4 is 5.73 Å². The second kappa shape index (κ2) is 2.83. The molecule has 0 radical (unpaired) electrons. The molecule has 12 heavy (non-hydrogen) atoms. The first-order valence-corrected chi connectivity index (χ1v) is 3.91. The molecule has 0 amide bonds. The number of rotatable bonds is 1. The lowest BCUT2D eigenvalue weighted by molar-refractivity contribution is 0.0701. The fourth-order valence-electron chi connectivity index (χ4n) is 0.879. The van der Waals surface area contributed by atoms with Crippen LogP contribution in [0.4, 0.5) is 5.00 Å². The summed E-state index contributed by atoms with van der Waals surface area (Å²) >= 11 is 0.929. The molecule has 0 spiro atoms. The van der Waals surface area contributed by atoms with Crippen LogP contribution in [0.2, 0.25) is 0 Å². The summed E-state index contributed by atoms with van der Waals surface area (Å²) < 4.78 is 0. The van der Waals surface area contributed by atoms with E-state index in [0.29, 0.717) is 5.56 Å². The third-order valence-electron chi connectivity index (χ3n) is 1.48. The van der Waals surface area contributed by atoms with Crippen LogP contribution in [0.25, 0.3) is 0 Å². The number of nitrogens with zero attached hydrogens (tertiary/aromatic N) is 1. The Morgan fingerprint density at radius 3 is 2.58 bits per heavy atom. The minimum Gasteiger partial charge on any atom is -0.477 e. The number of carbonyl (C=O) groups is 1. The minimum absolute atomic E-state index is 0.143. The van der Waals surface area contributed by atoms with Crippen molar-refractivity contribution in [2.24, 2.45) is 0 Å². The summed E-state index contributed by atoms with van der Waals surface area (Å²) in [5, 5.41) is 17.5. The van der Waals surface area contributed by atoms with E-state index in [0.717, 1.165) is 11.3 Å². The molecule has 1 aromatic rings. The molecule has 0 saturated heterocycles. The van der Waals surface area contributed by atoms with Crippen LogP contribution in [-0.4, -0.2) is 11.1 Å². The fraction of sp³-hybridized carbons (Fsp3) is 0.143. The number of aromatic carboxylic acids is 1. The largest absolute Gasteiger partial charge is 0.477 e. The van der Waals surface area contributed by atoms with Gasteiger partial charge in [-0.3, -0.25) is 0 Å². The van der Waals surface area contributed by atoms with E-state index in [1.807, 2.05) is 6.07 Å². The average Bonchev–Trinajstić information content (AvgIpc) is 2.27. The van der Waals surface area contributed by atoms with Gasteiger partial charge >= 0.3 is 5.97 Å². The Hall–Kier alpha value is -1.54. The van der Waals surface area contributed by atoms with Crippen LogP contribution in [0.15, 0.2) is 0 Å². The fourth-order valence-corrected chi connectivity index (χ4v) is 1.74. The van der Waals surface area contributed by atoms with E-state index < -0.39 is 5.97 Å². The van der Waals surface area contributed by atoms with Crippen molar-refractivity contribution in [2.75, 3.05) is 5.73 Å². The Bertz CT molecular complexity index is 375. The van der Waals surface area contributed by atoms with E-state index in [2.05, 4.69) is 0 Å². The molecule has 0 saturated carbocycles. The highest BCUT2D eigenvalue weighted by molar-refractivity contribution is 7.18. The van der Waals surface area contributed by atoms with Gasteiger partial charge in [-0.05, 0) is 12.5 Å². The molecule has 0 atom stereocenters. The van der Waals surface area contributed by atoms with Crippen molar-refractivity contribution in [3.05, 3.63) is 16.0 Å². The van der Waals surface area contributed by atoms with E-state index in [1.54, 1.807) is 6.92 Å². The zero-order valence-corrected chi connectivity index (χ0v) is 7.10. The third-order valence-corrected chi connectivity index (χ3v) is 2.59. The molecule has 62 valence electrons. The van der Waals surface area contributed by atoms with E-state index in [9.17, 15) is 4.79 Å². The van der Waals surface area contributed by atoms with Gasteiger partial charge in [0.05, 0.1) is 5.56 Å². The smallest absolute Gasteiger partial charge is 0.346 e. The van der Waals surface area contributed by atoms with Crippen molar-refractivity contribution in [1.29, 1.82) is 5.26 Å². The lowest BCUT2D eigenvalue weighted by Gasteiger charge is -1.88. The first-order chi connectivity index (χ1) is 5.57. The molecule has 5 heteroatoms. The Balaban J connectivity index is 3.39. The number of carboxylic acids is 1. The van der Waals surface area contributed by atoms with Gasteiger partial charge in [0.25, 0.3) is 0 Å². The van der Waals surface area contributed by atoms with Crippen molar-refractivity contribution in [1.82, 2.24) is 0 Å². The number of anilines is 1. The minimum atomic E-state index is -1.04. The highest BCUT2D eigenvalue weighted by Crippen LogP contribution is 2.29. The van der Waals surface area contributed by atoms with E-state index in [1.165, 1.54) is 0 Å². The van der Waals surface area contributed by atoms with Crippen molar-refractivity contribution in [3.8, 4) is 6.07 Å². The zero-order valence-electron chi connectivity index (χ0n) is 6.29. The molecule has 0 aliphatic heterocycles. The maximum atomic E-state index is 10.5. The van der Waals surface area contributed by atoms with Gasteiger partial charge in [-0.1, -0.05) is 0 Å². The van der Waals surface area contributed by atoms with E-state index in [-0.39, 0.29) is 15.4 Å². The summed E-state index contributed by atoms with van der Waals surface area (Å²) in [4.78, 5) is 10.7. The van der Waals surface area contributed by atoms with Crippen molar-refractivity contribution >= 4 is 22.3 Å². The predicted molar refractivity (Wildman–Crippen MR) is 45.1 cm³/mol. The number of nitrogens with two attached hydrogens (primary N) is 1. The van der Waals surface area contributed by atoms with Gasteiger partial charge in [0.15, 0.2) is 0 Å². The molecular weight excluding hydrogens is 176 g/mol. The summed E-state index contributed by atoms with van der Waals surface area (Å²) in [7, 11) is 0. The maximum absolute atomic E-state index is 10.5. The van der Waals surface area contributed by atoms with Crippen LogP contribution in [0.1, 0.15) is 20.8 Å². The SMILES string of the molecule is Cc1c(C(=O)O)sc(N)c1C#N. The lowest BCUT2D eigenvalue weighted by Crippen LogP contribution is -1.94. The summed E-state index contributed by atoms with van der Waals surface area (Å²) in [6.07, 6.45) is 0. The number of carboxylic acid groups (broad SMARTS) is 1. The van der Waals surface area contributed by atoms with Crippen LogP contribution in [0.3, 0.4) is 0 Å². The summed E-state index contributed by atoms with van der Waals surface area (Å²) in [5.41, 5.74) is 6.15. The van der Waals surface area contributed by atoms with Gasteiger partial charge in [-0.25, -0.2) is 4.79 Å². The van der Waals surface area contributed by atoms with Gasteiger partial charge < -0.3 is 10.8 Å². The number of thiophene rings is 1. The maximum Gasteiger partial charge on any atom is 0.346 e. The number of nitriles is 1. The number of nitrogen functional groups attached to an aromatic ring is 1. The molecule has 0 aliphatic rings. The van der Waals surface area contributed by atoms with Gasteiger partial charge in [-0.2, -0.15) is 5.26 Å². The van der Waals surface area contributed by atoms with Crippen LogP contribution in [0.5, 0.6) is 0 Å². The summed E-state index contributed by atoms with van der Waals surface area (Å²) in [5.74, 6) is -1.04. The number of hydrogen-bond acceptors (Lipinski definition) is 4. The second-order valence-electron chi connectivity index (χ2n) is 2.21. The summed E-state index contributed by atoms with van der Waals surface area (Å²) in [6.45, 7) is 1.58. The molecular formula is C7H6N2O2S. The molecule has 0 fully saturated rings. The van der Waals surface area contributed by atoms with Crippen LogP contribution in [0, 0.1) is 18.3 Å². The molecule has 3 N–H and O–H groups in total. The normalized spacial score (nSPS) is 9.33. The van der Waals surface area contributed by atoms with Crippen LogP contribution >= 0.6 is 11.3 Å². The molecule has 0 aromatic carbocycles. The standard InChI is InChI=1S/C7H6N2O2S/c1-3-4(2-8)6(9)12-5(3)7(10)11/h9H2,1H3,(H,10,11). The van der Waals surface area contributed by atoms with E-state index in [4.69, 9.17) is 16.1 Å². The lowest BCUT2D eigenvalue weighted by atomic mass is 10.2. The Morgan fingerprint density at radius 2 is 2.33 bits per heavy atom. The van der Waals surface area contributed by atoms with Crippen molar-refractivity contribution in [2.45, 2.75) is 6.92 Å². The number of hydrogen-bond donors (Lipinski definition) is 2. The highest BCUT2D eigenvalue weighted by atomic mass is 32.1. The van der Waals surface area contributed by atoms with Gasteiger partial charge in [-0.15, -0.1) is 11.3 Å². The highest BCUT2D eigenvalue weighted by Gasteiger charge is 2.17. The third kappa shape index (κ3) is 1.12. The molecule has 0 unspecified atom stereocenters. The average molecular weight is 182 g/mol. The van der Waals surface area contributed by atoms with Crippen molar-refractivity contribution < 1.29 is 9.90 Å². The first-order valence-electron chi connectivity index (χ1n) is 3.10. The second-order valence-corrected chi connectivity index (χ2v) is 3.26. The Kier molecular flexibility index (Phi) is 2.02. The van der Waals surface area contributed by atoms with Gasteiger partial charge in [0.2, 0.25) is 0 Å². The van der Waals surface area contributed by atoms with E-state index >= 15 is 0 Å². The molecule has 1 aromatic heterocycles. The monoisotopic (exact) mass is 182 g/mol. The molecule has 1 rings (SSSR count). The molecule has 0 aliphatic carbocycles. The molecule has 4 nitrogen and oxygen atoms in total. The predicted octanol–water partition coefficient (Wildman–Crippen LogP) is 1.21. The Labute approximate surface area is 72.9 Å². The van der Waals surface area contributed by atoms with Gasteiger partial charge in [0, 0.05) is 0 Å². The Morgan fingerprint density at radius 1 is 1.75 bits per heavy atom. The quantitative estimate of drug-likeness (QED) is 0.683. The zero-order chi connectivity index (χ0) is 9.30. The first kappa shape index (κ1) is 8.56. The molecule has 1 heterocycles. The van der Waals surface area contributed by atoms with Crippen LogP contribution in [-0.2, 0) is 0 Å². The van der Waals surface area contributed by atoms with Crippen molar-refractivity contribution in [3.63, 3.8) is 0 Å². The summed E-state index contributed by atoms with van der Waals surface area (Å²) in [6, 6.07) is 1.86. The molecule has 0 bridgehead atoms. The topological polar surface area (TPSA) is 87.1 Å².